The second-order valence-corrected chi connectivity index (χ2v) is 10.5. The molecular weight excluding hydrogens is 519 g/mol. The second-order valence-electron chi connectivity index (χ2n) is 8.45. The van der Waals surface area contributed by atoms with E-state index in [2.05, 4.69) is 11.9 Å². The van der Waals surface area contributed by atoms with Crippen LogP contribution in [0.3, 0.4) is 0 Å². The van der Waals surface area contributed by atoms with Gasteiger partial charge < -0.3 is 23.3 Å². The maximum Gasteiger partial charge on any atom is 0.215 e. The van der Waals surface area contributed by atoms with Gasteiger partial charge >= 0.3 is 0 Å². The number of benzene rings is 2. The van der Waals surface area contributed by atoms with Crippen LogP contribution in [0.5, 0.6) is 5.75 Å². The van der Waals surface area contributed by atoms with Crippen molar-refractivity contribution in [2.24, 2.45) is 7.05 Å². The molecule has 1 aliphatic heterocycles. The topological polar surface area (TPSA) is 63.3 Å². The molecule has 0 bridgehead atoms. The Bertz CT molecular complexity index is 1310. The fraction of sp³-hybridized carbons (Fsp3) is 0.308. The first-order valence-electron chi connectivity index (χ1n) is 11.6. The van der Waals surface area contributed by atoms with Crippen molar-refractivity contribution in [3.8, 4) is 17.0 Å². The Balaban J connectivity index is 1.27. The van der Waals surface area contributed by atoms with Gasteiger partial charge in [0.25, 0.3) is 0 Å². The third kappa shape index (κ3) is 5.43. The predicted molar refractivity (Wildman–Crippen MR) is 142 cm³/mol. The Morgan fingerprint density at radius 3 is 2.75 bits per heavy atom. The van der Waals surface area contributed by atoms with E-state index < -0.39 is 5.79 Å². The van der Waals surface area contributed by atoms with E-state index in [9.17, 15) is 0 Å². The molecule has 4 aromatic rings. The summed E-state index contributed by atoms with van der Waals surface area (Å²) >= 11 is 14.4. The highest BCUT2D eigenvalue weighted by atomic mass is 35.5. The monoisotopic (exact) mass is 544 g/mol. The molecule has 1 fully saturated rings. The SMILES string of the molecule is CCSc1nc(-c2ccc(OC[C@@H]3CO[C@@](Cn4ccnc4)(c4ccc(Cl)cc4Cl)O3)cc2)cn1C. The molecular formula is C26H26Cl2N4O3S. The highest BCUT2D eigenvalue weighted by Crippen LogP contribution is 2.40. The lowest BCUT2D eigenvalue weighted by Crippen LogP contribution is -2.34. The first-order chi connectivity index (χ1) is 17.5. The van der Waals surface area contributed by atoms with Crippen molar-refractivity contribution in [2.75, 3.05) is 19.0 Å². The number of halogens is 2. The molecule has 188 valence electrons. The number of thioether (sulfide) groups is 1. The molecule has 36 heavy (non-hydrogen) atoms. The number of imidazole rings is 2. The van der Waals surface area contributed by atoms with Crippen molar-refractivity contribution < 1.29 is 14.2 Å². The molecule has 7 nitrogen and oxygen atoms in total. The highest BCUT2D eigenvalue weighted by Gasteiger charge is 2.45. The largest absolute Gasteiger partial charge is 0.491 e. The molecule has 0 aliphatic carbocycles. The third-order valence-electron chi connectivity index (χ3n) is 5.84. The van der Waals surface area contributed by atoms with Gasteiger partial charge in [0.2, 0.25) is 5.79 Å². The van der Waals surface area contributed by atoms with Gasteiger partial charge in [-0.2, -0.15) is 0 Å². The van der Waals surface area contributed by atoms with Crippen molar-refractivity contribution in [2.45, 2.75) is 30.5 Å². The van der Waals surface area contributed by atoms with Crippen LogP contribution in [0.2, 0.25) is 10.0 Å². The Morgan fingerprint density at radius 1 is 1.19 bits per heavy atom. The Labute approximate surface area is 224 Å². The van der Waals surface area contributed by atoms with Gasteiger partial charge in [-0.3, -0.25) is 0 Å². The number of hydrogen-bond acceptors (Lipinski definition) is 6. The standard InChI is InChI=1S/C26H26Cl2N4O3S/c1-3-36-25-30-24(13-31(25)2)18-4-7-20(8-5-18)33-14-21-15-34-26(35-21,16-32-11-10-29-17-32)22-9-6-19(27)12-23(22)28/h4-13,17,21H,3,14-16H2,1-2H3/t21-,26-/m1/s1. The normalized spacial score (nSPS) is 19.6. The Kier molecular flexibility index (Phi) is 7.60. The van der Waals surface area contributed by atoms with Crippen molar-refractivity contribution in [3.63, 3.8) is 0 Å². The van der Waals surface area contributed by atoms with Crippen molar-refractivity contribution in [3.05, 3.63) is 83.0 Å². The highest BCUT2D eigenvalue weighted by molar-refractivity contribution is 7.99. The van der Waals surface area contributed by atoms with Crippen LogP contribution in [0, 0.1) is 0 Å². The molecule has 2 aromatic heterocycles. The summed E-state index contributed by atoms with van der Waals surface area (Å²) in [5.74, 6) is 0.656. The zero-order valence-electron chi connectivity index (χ0n) is 19.9. The predicted octanol–water partition coefficient (Wildman–Crippen LogP) is 6.05. The average Bonchev–Trinajstić information content (AvgIpc) is 3.60. The molecule has 1 saturated heterocycles. The van der Waals surface area contributed by atoms with Crippen LogP contribution in [0.25, 0.3) is 11.3 Å². The van der Waals surface area contributed by atoms with Crippen LogP contribution in [0.4, 0.5) is 0 Å². The number of hydrogen-bond donors (Lipinski definition) is 0. The molecule has 0 amide bonds. The van der Waals surface area contributed by atoms with E-state index in [1.807, 2.05) is 58.9 Å². The van der Waals surface area contributed by atoms with Gasteiger partial charge in [-0.05, 0) is 42.2 Å². The quantitative estimate of drug-likeness (QED) is 0.239. The molecule has 0 N–H and O–H groups in total. The summed E-state index contributed by atoms with van der Waals surface area (Å²) in [6, 6.07) is 13.2. The first kappa shape index (κ1) is 25.2. The van der Waals surface area contributed by atoms with E-state index in [0.29, 0.717) is 35.4 Å². The van der Waals surface area contributed by atoms with Crippen LogP contribution in [-0.2, 0) is 28.9 Å². The van der Waals surface area contributed by atoms with Gasteiger partial charge in [-0.25, -0.2) is 9.97 Å². The summed E-state index contributed by atoms with van der Waals surface area (Å²) < 4.78 is 22.7. The van der Waals surface area contributed by atoms with Crippen LogP contribution in [-0.4, -0.2) is 44.2 Å². The van der Waals surface area contributed by atoms with Crippen molar-refractivity contribution in [1.29, 1.82) is 0 Å². The van der Waals surface area contributed by atoms with Crippen LogP contribution >= 0.6 is 35.0 Å². The minimum Gasteiger partial charge on any atom is -0.491 e. The number of rotatable bonds is 9. The minimum atomic E-state index is -1.08. The summed E-state index contributed by atoms with van der Waals surface area (Å²) in [5, 5.41) is 2.04. The lowest BCUT2D eigenvalue weighted by molar-refractivity contribution is -0.189. The smallest absolute Gasteiger partial charge is 0.215 e. The zero-order valence-corrected chi connectivity index (χ0v) is 22.3. The summed E-state index contributed by atoms with van der Waals surface area (Å²) in [7, 11) is 2.01. The lowest BCUT2D eigenvalue weighted by atomic mass is 10.1. The fourth-order valence-electron chi connectivity index (χ4n) is 4.14. The molecule has 0 saturated carbocycles. The van der Waals surface area contributed by atoms with Gasteiger partial charge in [0.1, 0.15) is 18.5 Å². The van der Waals surface area contributed by atoms with Crippen LogP contribution in [0.15, 0.2) is 72.5 Å². The van der Waals surface area contributed by atoms with Gasteiger partial charge in [0, 0.05) is 41.8 Å². The lowest BCUT2D eigenvalue weighted by Gasteiger charge is -2.30. The number of aromatic nitrogens is 4. The molecule has 1 aliphatic rings. The van der Waals surface area contributed by atoms with Crippen LogP contribution < -0.4 is 4.74 Å². The third-order valence-corrected chi connectivity index (χ3v) is 7.32. The number of ether oxygens (including phenoxy) is 3. The van der Waals surface area contributed by atoms with Gasteiger partial charge in [-0.1, -0.05) is 48.0 Å². The summed E-state index contributed by atoms with van der Waals surface area (Å²) in [4.78, 5) is 8.85. The van der Waals surface area contributed by atoms with Gasteiger partial charge in [0.05, 0.1) is 30.2 Å². The summed E-state index contributed by atoms with van der Waals surface area (Å²) in [5.41, 5.74) is 2.69. The number of aryl methyl sites for hydroxylation is 1. The molecule has 0 radical (unpaired) electrons. The zero-order chi connectivity index (χ0) is 25.1. The molecule has 2 aromatic carbocycles. The Morgan fingerprint density at radius 2 is 2.03 bits per heavy atom. The van der Waals surface area contributed by atoms with Crippen LogP contribution in [0.1, 0.15) is 12.5 Å². The average molecular weight is 545 g/mol. The molecule has 2 atom stereocenters. The van der Waals surface area contributed by atoms with Gasteiger partial charge in [0.15, 0.2) is 5.16 Å². The molecule has 3 heterocycles. The first-order valence-corrected chi connectivity index (χ1v) is 13.3. The second kappa shape index (κ2) is 10.9. The minimum absolute atomic E-state index is 0.288. The molecule has 0 unspecified atom stereocenters. The summed E-state index contributed by atoms with van der Waals surface area (Å²) in [6.45, 7) is 3.20. The van der Waals surface area contributed by atoms with Gasteiger partial charge in [-0.15, -0.1) is 0 Å². The van der Waals surface area contributed by atoms with E-state index in [4.69, 9.17) is 42.4 Å². The fourth-order valence-corrected chi connectivity index (χ4v) is 5.37. The van der Waals surface area contributed by atoms with E-state index >= 15 is 0 Å². The molecule has 10 heteroatoms. The maximum atomic E-state index is 6.55. The molecule has 5 rings (SSSR count). The summed E-state index contributed by atoms with van der Waals surface area (Å²) in [6.07, 6.45) is 7.04. The van der Waals surface area contributed by atoms with E-state index in [-0.39, 0.29) is 6.10 Å². The van der Waals surface area contributed by atoms with Crippen molar-refractivity contribution >= 4 is 35.0 Å². The van der Waals surface area contributed by atoms with E-state index in [1.165, 1.54) is 0 Å². The number of nitrogens with zero attached hydrogens (tertiary/aromatic N) is 4. The van der Waals surface area contributed by atoms with E-state index in [0.717, 1.165) is 27.9 Å². The molecule has 0 spiro atoms. The van der Waals surface area contributed by atoms with Crippen molar-refractivity contribution in [1.82, 2.24) is 19.1 Å². The van der Waals surface area contributed by atoms with E-state index in [1.54, 1.807) is 36.4 Å². The maximum absolute atomic E-state index is 6.55. The Hall–Kier alpha value is -2.49.